The number of hydrogen-bond acceptors (Lipinski definition) is 4. The lowest BCUT2D eigenvalue weighted by Crippen LogP contribution is -2.38. The average Bonchev–Trinajstić information content (AvgIpc) is 2.86. The molecule has 1 saturated carbocycles. The number of hydrogen-bond donors (Lipinski definition) is 1. The molecule has 1 fully saturated rings. The fourth-order valence-corrected chi connectivity index (χ4v) is 3.41. The molecule has 0 radical (unpaired) electrons. The number of carbonyl (C=O) groups excluding carboxylic acids is 1. The molecule has 2 atom stereocenters. The maximum atomic E-state index is 12.5. The molecule has 1 heterocycles. The van der Waals surface area contributed by atoms with Crippen molar-refractivity contribution in [2.75, 3.05) is 7.05 Å². The van der Waals surface area contributed by atoms with Gasteiger partial charge in [-0.15, -0.1) is 23.7 Å². The molecule has 1 aromatic rings. The van der Waals surface area contributed by atoms with E-state index >= 15 is 0 Å². The number of thiazole rings is 1. The van der Waals surface area contributed by atoms with E-state index in [0.29, 0.717) is 11.4 Å². The Balaban J connectivity index is 0.00000242. The van der Waals surface area contributed by atoms with E-state index < -0.39 is 11.9 Å². The molecule has 0 bridgehead atoms. The molecule has 1 amide bonds. The third-order valence-corrected chi connectivity index (χ3v) is 4.49. The highest BCUT2D eigenvalue weighted by Gasteiger charge is 2.34. The zero-order chi connectivity index (χ0) is 15.6. The van der Waals surface area contributed by atoms with Gasteiger partial charge in [0.05, 0.1) is 6.54 Å². The zero-order valence-corrected chi connectivity index (χ0v) is 13.7. The van der Waals surface area contributed by atoms with Gasteiger partial charge in [0, 0.05) is 24.4 Å². The molecule has 1 aliphatic carbocycles. The first-order valence-corrected chi connectivity index (χ1v) is 7.67. The van der Waals surface area contributed by atoms with E-state index in [9.17, 15) is 18.0 Å². The van der Waals surface area contributed by atoms with E-state index in [-0.39, 0.29) is 36.8 Å². The molecule has 126 valence electrons. The Kier molecular flexibility index (Phi) is 6.64. The Morgan fingerprint density at radius 2 is 2.18 bits per heavy atom. The first-order valence-electron chi connectivity index (χ1n) is 6.79. The molecular formula is C13H19ClF3N3OS. The van der Waals surface area contributed by atoms with Crippen molar-refractivity contribution in [1.29, 1.82) is 0 Å². The summed E-state index contributed by atoms with van der Waals surface area (Å²) in [6.07, 6.45) is -1.15. The van der Waals surface area contributed by atoms with Crippen molar-refractivity contribution >= 4 is 29.7 Å². The van der Waals surface area contributed by atoms with Crippen molar-refractivity contribution in [2.45, 2.75) is 44.4 Å². The van der Waals surface area contributed by atoms with Crippen molar-refractivity contribution < 1.29 is 18.0 Å². The van der Waals surface area contributed by atoms with Crippen LogP contribution in [0.1, 0.15) is 36.4 Å². The summed E-state index contributed by atoms with van der Waals surface area (Å²) in [5, 5.41) is 1.27. The summed E-state index contributed by atoms with van der Waals surface area (Å²) in [6, 6.07) is 0.0396. The zero-order valence-electron chi connectivity index (χ0n) is 12.1. The molecule has 2 rings (SSSR count). The van der Waals surface area contributed by atoms with E-state index in [1.165, 1.54) is 4.90 Å². The van der Waals surface area contributed by atoms with Crippen LogP contribution in [0.5, 0.6) is 0 Å². The summed E-state index contributed by atoms with van der Waals surface area (Å²) in [6.45, 7) is 0.102. The summed E-state index contributed by atoms with van der Waals surface area (Å²) < 4.78 is 37.4. The van der Waals surface area contributed by atoms with Gasteiger partial charge >= 0.3 is 6.18 Å². The van der Waals surface area contributed by atoms with Crippen molar-refractivity contribution in [2.24, 2.45) is 11.7 Å². The monoisotopic (exact) mass is 357 g/mol. The molecule has 9 heteroatoms. The van der Waals surface area contributed by atoms with E-state index in [1.807, 2.05) is 0 Å². The lowest BCUT2D eigenvalue weighted by molar-refractivity contribution is -0.140. The predicted molar refractivity (Wildman–Crippen MR) is 80.8 cm³/mol. The van der Waals surface area contributed by atoms with E-state index in [2.05, 4.69) is 4.98 Å². The highest BCUT2D eigenvalue weighted by Crippen LogP contribution is 2.30. The molecule has 1 aromatic heterocycles. The third-order valence-electron chi connectivity index (χ3n) is 3.65. The minimum Gasteiger partial charge on any atom is -0.339 e. The van der Waals surface area contributed by atoms with E-state index in [0.717, 1.165) is 36.0 Å². The van der Waals surface area contributed by atoms with Gasteiger partial charge in [-0.25, -0.2) is 4.98 Å². The molecule has 0 aromatic carbocycles. The van der Waals surface area contributed by atoms with Crippen molar-refractivity contribution in [1.82, 2.24) is 9.88 Å². The van der Waals surface area contributed by atoms with E-state index in [1.54, 1.807) is 7.05 Å². The summed E-state index contributed by atoms with van der Waals surface area (Å²) in [5.74, 6) is -0.185. The number of rotatable bonds is 3. The maximum absolute atomic E-state index is 12.5. The van der Waals surface area contributed by atoms with Crippen LogP contribution in [0.3, 0.4) is 0 Å². The van der Waals surface area contributed by atoms with Crippen molar-refractivity contribution in [3.8, 4) is 0 Å². The minimum absolute atomic E-state index is 0. The molecule has 0 spiro atoms. The largest absolute Gasteiger partial charge is 0.434 e. The molecular weight excluding hydrogens is 339 g/mol. The van der Waals surface area contributed by atoms with Gasteiger partial charge in [0.2, 0.25) is 5.91 Å². The Morgan fingerprint density at radius 1 is 1.50 bits per heavy atom. The standard InChI is InChI=1S/C13H18F3N3OS.ClH/c1-19(12(20)8-3-2-4-9(17)5-8)6-11-18-10(7-21-11)13(14,15)16;/h7-9H,2-6,17H2,1H3;1H. The number of amides is 1. The van der Waals surface area contributed by atoms with Crippen LogP contribution in [0.25, 0.3) is 0 Å². The van der Waals surface area contributed by atoms with Crippen LogP contribution in [-0.2, 0) is 17.5 Å². The fourth-order valence-electron chi connectivity index (χ4n) is 2.56. The number of alkyl halides is 3. The summed E-state index contributed by atoms with van der Waals surface area (Å²) in [4.78, 5) is 17.3. The van der Waals surface area contributed by atoms with Gasteiger partial charge in [0.15, 0.2) is 5.69 Å². The molecule has 0 aliphatic heterocycles. The van der Waals surface area contributed by atoms with Gasteiger partial charge in [-0.2, -0.15) is 13.2 Å². The molecule has 1 aliphatic rings. The van der Waals surface area contributed by atoms with Crippen molar-refractivity contribution in [3.63, 3.8) is 0 Å². The van der Waals surface area contributed by atoms with Crippen LogP contribution in [0.4, 0.5) is 13.2 Å². The van der Waals surface area contributed by atoms with Crippen LogP contribution in [-0.4, -0.2) is 28.9 Å². The molecule has 0 saturated heterocycles. The summed E-state index contributed by atoms with van der Waals surface area (Å²) in [7, 11) is 1.59. The minimum atomic E-state index is -4.44. The predicted octanol–water partition coefficient (Wildman–Crippen LogP) is 3.06. The number of nitrogens with zero attached hydrogens (tertiary/aromatic N) is 2. The number of halogens is 4. The third kappa shape index (κ3) is 4.82. The lowest BCUT2D eigenvalue weighted by Gasteiger charge is -2.29. The van der Waals surface area contributed by atoms with Crippen LogP contribution in [0, 0.1) is 5.92 Å². The lowest BCUT2D eigenvalue weighted by atomic mass is 9.85. The second kappa shape index (κ2) is 7.61. The van der Waals surface area contributed by atoms with Gasteiger partial charge in [-0.05, 0) is 19.3 Å². The Bertz CT molecular complexity index is 509. The second-order valence-corrected chi connectivity index (χ2v) is 6.38. The van der Waals surface area contributed by atoms with Gasteiger partial charge in [0.25, 0.3) is 0 Å². The van der Waals surface area contributed by atoms with Crippen LogP contribution >= 0.6 is 23.7 Å². The second-order valence-electron chi connectivity index (χ2n) is 5.44. The SMILES string of the molecule is CN(Cc1nc(C(F)(F)F)cs1)C(=O)C1CCCC(N)C1.Cl. The van der Waals surface area contributed by atoms with Crippen LogP contribution < -0.4 is 5.73 Å². The molecule has 2 N–H and O–H groups in total. The Labute approximate surface area is 137 Å². The van der Waals surface area contributed by atoms with Gasteiger partial charge in [0.1, 0.15) is 5.01 Å². The summed E-state index contributed by atoms with van der Waals surface area (Å²) >= 11 is 0.920. The highest BCUT2D eigenvalue weighted by molar-refractivity contribution is 7.09. The van der Waals surface area contributed by atoms with Gasteiger partial charge in [-0.1, -0.05) is 6.42 Å². The van der Waals surface area contributed by atoms with Gasteiger partial charge < -0.3 is 10.6 Å². The van der Waals surface area contributed by atoms with Crippen LogP contribution in [0.15, 0.2) is 5.38 Å². The molecule has 22 heavy (non-hydrogen) atoms. The number of aromatic nitrogens is 1. The van der Waals surface area contributed by atoms with Gasteiger partial charge in [-0.3, -0.25) is 4.79 Å². The number of nitrogens with two attached hydrogens (primary N) is 1. The fraction of sp³-hybridized carbons (Fsp3) is 0.692. The Hall–Kier alpha value is -0.860. The molecule has 2 unspecified atom stereocenters. The summed E-state index contributed by atoms with van der Waals surface area (Å²) in [5.41, 5.74) is 4.96. The highest BCUT2D eigenvalue weighted by atomic mass is 35.5. The Morgan fingerprint density at radius 3 is 2.73 bits per heavy atom. The van der Waals surface area contributed by atoms with Crippen molar-refractivity contribution in [3.05, 3.63) is 16.1 Å². The van der Waals surface area contributed by atoms with E-state index in [4.69, 9.17) is 5.73 Å². The smallest absolute Gasteiger partial charge is 0.339 e. The average molecular weight is 358 g/mol. The molecule has 4 nitrogen and oxygen atoms in total. The maximum Gasteiger partial charge on any atom is 0.434 e. The quantitative estimate of drug-likeness (QED) is 0.904. The number of carbonyl (C=O) groups is 1. The topological polar surface area (TPSA) is 59.2 Å². The first-order chi connectivity index (χ1) is 9.77. The first kappa shape index (κ1) is 19.2. The normalized spacial score (nSPS) is 22.0. The van der Waals surface area contributed by atoms with Crippen LogP contribution in [0.2, 0.25) is 0 Å².